The number of aryl methyl sites for hydroxylation is 1. The SMILES string of the molecule is CC(=O)Nc1sc(C)c(C)c1C(=O)O[C@H](C)C(=O)Nc1ncc(Cl)cc1Cl. The van der Waals surface area contributed by atoms with E-state index in [0.29, 0.717) is 15.6 Å². The lowest BCUT2D eigenvalue weighted by molar-refractivity contribution is -0.123. The molecule has 0 unspecified atom stereocenters. The quantitative estimate of drug-likeness (QED) is 0.693. The number of halogens is 2. The van der Waals surface area contributed by atoms with Crippen molar-refractivity contribution in [3.63, 3.8) is 0 Å². The third-order valence-corrected chi connectivity index (χ3v) is 5.20. The van der Waals surface area contributed by atoms with Crippen LogP contribution in [0.4, 0.5) is 10.8 Å². The van der Waals surface area contributed by atoms with E-state index in [1.54, 1.807) is 6.92 Å². The molecule has 0 bridgehead atoms. The third kappa shape index (κ3) is 5.18. The topological polar surface area (TPSA) is 97.4 Å². The van der Waals surface area contributed by atoms with Crippen molar-refractivity contribution in [2.75, 3.05) is 10.6 Å². The minimum atomic E-state index is -1.11. The fourth-order valence-electron chi connectivity index (χ4n) is 2.12. The predicted octanol–water partition coefficient (Wildman–Crippen LogP) is 4.21. The smallest absolute Gasteiger partial charge is 0.342 e. The van der Waals surface area contributed by atoms with E-state index in [1.165, 1.54) is 37.4 Å². The Bertz CT molecular complexity index is 914. The minimum Gasteiger partial charge on any atom is -0.449 e. The van der Waals surface area contributed by atoms with E-state index in [4.69, 9.17) is 27.9 Å². The van der Waals surface area contributed by atoms with Gasteiger partial charge in [0, 0.05) is 18.0 Å². The van der Waals surface area contributed by atoms with Gasteiger partial charge in [-0.25, -0.2) is 9.78 Å². The first kappa shape index (κ1) is 21.1. The molecule has 2 N–H and O–H groups in total. The number of pyridine rings is 1. The Kier molecular flexibility index (Phi) is 6.80. The molecule has 2 aromatic rings. The molecule has 0 aliphatic heterocycles. The van der Waals surface area contributed by atoms with E-state index in [0.717, 1.165) is 4.88 Å². The van der Waals surface area contributed by atoms with Gasteiger partial charge in [-0.15, -0.1) is 11.3 Å². The van der Waals surface area contributed by atoms with E-state index in [9.17, 15) is 14.4 Å². The normalized spacial score (nSPS) is 11.6. The maximum Gasteiger partial charge on any atom is 0.342 e. The first-order valence-electron chi connectivity index (χ1n) is 7.80. The summed E-state index contributed by atoms with van der Waals surface area (Å²) in [5, 5.41) is 5.96. The Morgan fingerprint density at radius 3 is 2.48 bits per heavy atom. The lowest BCUT2D eigenvalue weighted by Crippen LogP contribution is -2.30. The number of ether oxygens (including phenoxy) is 1. The van der Waals surface area contributed by atoms with E-state index in [-0.39, 0.29) is 22.3 Å². The Morgan fingerprint density at radius 2 is 1.89 bits per heavy atom. The van der Waals surface area contributed by atoms with Crippen LogP contribution < -0.4 is 10.6 Å². The monoisotopic (exact) mass is 429 g/mol. The van der Waals surface area contributed by atoms with Crippen LogP contribution in [-0.4, -0.2) is 28.9 Å². The largest absolute Gasteiger partial charge is 0.449 e. The van der Waals surface area contributed by atoms with Gasteiger partial charge in [0.15, 0.2) is 11.9 Å². The van der Waals surface area contributed by atoms with Crippen molar-refractivity contribution < 1.29 is 19.1 Å². The summed E-state index contributed by atoms with van der Waals surface area (Å²) in [5.41, 5.74) is 0.916. The van der Waals surface area contributed by atoms with Crippen molar-refractivity contribution in [2.45, 2.75) is 33.8 Å². The van der Waals surface area contributed by atoms with E-state index >= 15 is 0 Å². The van der Waals surface area contributed by atoms with Crippen LogP contribution in [0.15, 0.2) is 12.3 Å². The van der Waals surface area contributed by atoms with Crippen LogP contribution in [0.5, 0.6) is 0 Å². The number of carbonyl (C=O) groups is 3. The van der Waals surface area contributed by atoms with Gasteiger partial charge in [0.2, 0.25) is 5.91 Å². The van der Waals surface area contributed by atoms with Crippen molar-refractivity contribution in [2.24, 2.45) is 0 Å². The predicted molar refractivity (Wildman–Crippen MR) is 106 cm³/mol. The molecule has 2 aromatic heterocycles. The summed E-state index contributed by atoms with van der Waals surface area (Å²) in [7, 11) is 0. The van der Waals surface area contributed by atoms with Crippen LogP contribution >= 0.6 is 34.5 Å². The number of nitrogens with one attached hydrogen (secondary N) is 2. The highest BCUT2D eigenvalue weighted by atomic mass is 35.5. The number of amides is 2. The van der Waals surface area contributed by atoms with E-state index < -0.39 is 18.0 Å². The molecular weight excluding hydrogens is 413 g/mol. The summed E-state index contributed by atoms with van der Waals surface area (Å²) in [6.07, 6.45) is 0.215. The molecule has 0 saturated carbocycles. The maximum absolute atomic E-state index is 12.6. The average molecular weight is 430 g/mol. The number of thiophene rings is 1. The van der Waals surface area contributed by atoms with Crippen molar-refractivity contribution >= 4 is 63.1 Å². The molecule has 144 valence electrons. The van der Waals surface area contributed by atoms with Gasteiger partial charge in [-0.1, -0.05) is 23.2 Å². The Balaban J connectivity index is 2.13. The number of nitrogens with zero attached hydrogens (tertiary/aromatic N) is 1. The number of esters is 1. The van der Waals surface area contributed by atoms with Gasteiger partial charge in [-0.05, 0) is 32.4 Å². The minimum absolute atomic E-state index is 0.107. The fraction of sp³-hybridized carbons (Fsp3) is 0.294. The molecule has 0 aromatic carbocycles. The van der Waals surface area contributed by atoms with Crippen molar-refractivity contribution in [3.8, 4) is 0 Å². The van der Waals surface area contributed by atoms with Gasteiger partial charge in [-0.3, -0.25) is 9.59 Å². The molecule has 0 aliphatic carbocycles. The second-order valence-electron chi connectivity index (χ2n) is 5.69. The van der Waals surface area contributed by atoms with Crippen LogP contribution in [-0.2, 0) is 14.3 Å². The van der Waals surface area contributed by atoms with Gasteiger partial charge in [-0.2, -0.15) is 0 Å². The van der Waals surface area contributed by atoms with Crippen molar-refractivity contribution in [1.82, 2.24) is 4.98 Å². The summed E-state index contributed by atoms with van der Waals surface area (Å²) in [6, 6.07) is 1.43. The molecule has 2 heterocycles. The van der Waals surface area contributed by atoms with Crippen LogP contribution in [0.3, 0.4) is 0 Å². The number of hydrogen-bond donors (Lipinski definition) is 2. The van der Waals surface area contributed by atoms with Crippen LogP contribution in [0.2, 0.25) is 10.0 Å². The van der Waals surface area contributed by atoms with Crippen molar-refractivity contribution in [1.29, 1.82) is 0 Å². The highest BCUT2D eigenvalue weighted by molar-refractivity contribution is 7.16. The molecule has 2 amide bonds. The van der Waals surface area contributed by atoms with Crippen LogP contribution in [0, 0.1) is 13.8 Å². The molecule has 2 rings (SSSR count). The number of aromatic nitrogens is 1. The molecule has 0 fully saturated rings. The lowest BCUT2D eigenvalue weighted by Gasteiger charge is -2.14. The molecule has 1 atom stereocenters. The Hall–Kier alpha value is -2.16. The van der Waals surface area contributed by atoms with Crippen molar-refractivity contribution in [3.05, 3.63) is 38.3 Å². The number of anilines is 2. The number of hydrogen-bond acceptors (Lipinski definition) is 6. The third-order valence-electron chi connectivity index (χ3n) is 3.58. The summed E-state index contributed by atoms with van der Waals surface area (Å²) >= 11 is 13.0. The molecule has 0 saturated heterocycles. The van der Waals surface area contributed by atoms with Gasteiger partial charge < -0.3 is 15.4 Å². The fourth-order valence-corrected chi connectivity index (χ4v) is 3.64. The van der Waals surface area contributed by atoms with Gasteiger partial charge in [0.1, 0.15) is 5.00 Å². The first-order valence-corrected chi connectivity index (χ1v) is 9.37. The summed E-state index contributed by atoms with van der Waals surface area (Å²) in [6.45, 7) is 6.34. The maximum atomic E-state index is 12.6. The van der Waals surface area contributed by atoms with E-state index in [2.05, 4.69) is 15.6 Å². The molecule has 10 heteroatoms. The second kappa shape index (κ2) is 8.69. The molecule has 27 heavy (non-hydrogen) atoms. The van der Waals surface area contributed by atoms with Gasteiger partial charge in [0.25, 0.3) is 5.91 Å². The molecule has 0 aliphatic rings. The second-order valence-corrected chi connectivity index (χ2v) is 7.76. The Morgan fingerprint density at radius 1 is 1.22 bits per heavy atom. The molecule has 7 nitrogen and oxygen atoms in total. The lowest BCUT2D eigenvalue weighted by atomic mass is 10.1. The number of carbonyl (C=O) groups excluding carboxylic acids is 3. The molecular formula is C17H17Cl2N3O4S. The molecule has 0 spiro atoms. The standard InChI is InChI=1S/C17H17Cl2N3O4S/c1-7-9(3)27-16(21-10(4)23)13(7)17(25)26-8(2)15(24)22-14-12(19)5-11(18)6-20-14/h5-6,8H,1-4H3,(H,21,23)(H,20,22,24)/t8-/m1/s1. The Labute approximate surface area is 170 Å². The zero-order chi connectivity index (χ0) is 20.3. The van der Waals surface area contributed by atoms with Gasteiger partial charge in [0.05, 0.1) is 15.6 Å². The zero-order valence-electron chi connectivity index (χ0n) is 15.0. The highest BCUT2D eigenvalue weighted by Crippen LogP contribution is 2.33. The summed E-state index contributed by atoms with van der Waals surface area (Å²) in [5.74, 6) is -1.51. The number of rotatable bonds is 5. The summed E-state index contributed by atoms with van der Waals surface area (Å²) in [4.78, 5) is 41.0. The summed E-state index contributed by atoms with van der Waals surface area (Å²) < 4.78 is 5.26. The highest BCUT2D eigenvalue weighted by Gasteiger charge is 2.26. The van der Waals surface area contributed by atoms with Gasteiger partial charge >= 0.3 is 5.97 Å². The first-order chi connectivity index (χ1) is 12.6. The van der Waals surface area contributed by atoms with Crippen LogP contribution in [0.25, 0.3) is 0 Å². The zero-order valence-corrected chi connectivity index (χ0v) is 17.3. The molecule has 0 radical (unpaired) electrons. The van der Waals surface area contributed by atoms with Crippen LogP contribution in [0.1, 0.15) is 34.6 Å². The van der Waals surface area contributed by atoms with E-state index in [1.807, 2.05) is 6.92 Å². The average Bonchev–Trinajstić information content (AvgIpc) is 2.83.